The van der Waals surface area contributed by atoms with Crippen LogP contribution in [0.4, 0.5) is 15.9 Å². The maximum absolute atomic E-state index is 13.3. The number of hydrogen-bond donors (Lipinski definition) is 1. The molecule has 7 heteroatoms. The fourth-order valence-corrected chi connectivity index (χ4v) is 1.63. The Bertz CT molecular complexity index is 610. The van der Waals surface area contributed by atoms with Crippen molar-refractivity contribution in [3.05, 3.63) is 52.4 Å². The average Bonchev–Trinajstić information content (AvgIpc) is 2.34. The molecule has 0 spiro atoms. The molecule has 92 valence electrons. The summed E-state index contributed by atoms with van der Waals surface area (Å²) in [5.41, 5.74) is 0.317. The predicted octanol–water partition coefficient (Wildman–Crippen LogP) is -0.906. The van der Waals surface area contributed by atoms with Crippen LogP contribution in [0, 0.1) is 5.82 Å². The molecule has 0 aliphatic carbocycles. The molecule has 19 heavy (non-hydrogen) atoms. The Morgan fingerprint density at radius 2 is 2.11 bits per heavy atom. The Morgan fingerprint density at radius 1 is 1.37 bits per heavy atom. The molecule has 0 unspecified atom stereocenters. The number of carboxylic acids is 1. The third-order valence-corrected chi connectivity index (χ3v) is 2.85. The number of benzene rings is 1. The summed E-state index contributed by atoms with van der Waals surface area (Å²) in [4.78, 5) is 14.7. The van der Waals surface area contributed by atoms with Crippen molar-refractivity contribution in [1.82, 2.24) is 4.98 Å². The minimum absolute atomic E-state index is 0. The molecule has 0 fully saturated rings. The van der Waals surface area contributed by atoms with Crippen LogP contribution >= 0.6 is 15.9 Å². The Labute approximate surface area is 160 Å². The number of hydrogen-bond acceptors (Lipinski definition) is 4. The molecule has 2 rings (SSSR count). The van der Waals surface area contributed by atoms with Gasteiger partial charge in [-0.2, -0.15) is 0 Å². The SMILES string of the molecule is O=C([O-])c1cccnc1Nc1ccc(Br)c(F)c1.[K+]. The molecular weight excluding hydrogens is 342 g/mol. The van der Waals surface area contributed by atoms with Crippen LogP contribution in [0.5, 0.6) is 0 Å². The van der Waals surface area contributed by atoms with Gasteiger partial charge in [0, 0.05) is 17.4 Å². The van der Waals surface area contributed by atoms with Gasteiger partial charge in [-0.05, 0) is 46.3 Å². The number of halogens is 2. The molecule has 1 aromatic heterocycles. The van der Waals surface area contributed by atoms with Crippen LogP contribution in [0.25, 0.3) is 0 Å². The third-order valence-electron chi connectivity index (χ3n) is 2.21. The Hall–Kier alpha value is -0.314. The van der Waals surface area contributed by atoms with Crippen molar-refractivity contribution in [2.24, 2.45) is 0 Å². The van der Waals surface area contributed by atoms with E-state index in [0.29, 0.717) is 10.2 Å². The summed E-state index contributed by atoms with van der Waals surface area (Å²) in [7, 11) is 0. The molecular formula is C12H7BrFKN2O2. The van der Waals surface area contributed by atoms with Crippen molar-refractivity contribution >= 4 is 33.4 Å². The molecule has 0 radical (unpaired) electrons. The summed E-state index contributed by atoms with van der Waals surface area (Å²) < 4.78 is 13.6. The van der Waals surface area contributed by atoms with E-state index in [4.69, 9.17) is 0 Å². The number of pyridine rings is 1. The molecule has 1 heterocycles. The first-order valence-electron chi connectivity index (χ1n) is 4.96. The Kier molecular flexibility index (Phi) is 6.58. The molecule has 2 aromatic rings. The van der Waals surface area contributed by atoms with Crippen molar-refractivity contribution in [1.29, 1.82) is 0 Å². The zero-order chi connectivity index (χ0) is 13.1. The van der Waals surface area contributed by atoms with E-state index in [1.54, 1.807) is 6.07 Å². The molecule has 0 aliphatic heterocycles. The largest absolute Gasteiger partial charge is 1.00 e. The normalized spacial score (nSPS) is 9.58. The first kappa shape index (κ1) is 16.7. The zero-order valence-corrected chi connectivity index (χ0v) is 14.7. The fourth-order valence-electron chi connectivity index (χ4n) is 1.38. The van der Waals surface area contributed by atoms with Gasteiger partial charge >= 0.3 is 51.4 Å². The maximum atomic E-state index is 13.3. The van der Waals surface area contributed by atoms with Gasteiger partial charge in [-0.3, -0.25) is 0 Å². The van der Waals surface area contributed by atoms with E-state index in [1.807, 2.05) is 0 Å². The second-order valence-corrected chi connectivity index (χ2v) is 4.30. The van der Waals surface area contributed by atoms with Gasteiger partial charge < -0.3 is 15.2 Å². The molecule has 1 N–H and O–H groups in total. The zero-order valence-electron chi connectivity index (χ0n) is 9.98. The monoisotopic (exact) mass is 348 g/mol. The smallest absolute Gasteiger partial charge is 0.545 e. The average molecular weight is 349 g/mol. The molecule has 0 aliphatic rings. The van der Waals surface area contributed by atoms with Gasteiger partial charge in [0.2, 0.25) is 0 Å². The summed E-state index contributed by atoms with van der Waals surface area (Å²) in [6.07, 6.45) is 1.43. The number of rotatable bonds is 3. The predicted molar refractivity (Wildman–Crippen MR) is 66.0 cm³/mol. The van der Waals surface area contributed by atoms with Crippen LogP contribution in [-0.2, 0) is 0 Å². The standard InChI is InChI=1S/C12H8BrFN2O2.K/c13-9-4-3-7(6-10(9)14)16-11-8(12(17)18)2-1-5-15-11;/h1-6H,(H,15,16)(H,17,18);/q;+1/p-1. The van der Waals surface area contributed by atoms with Crippen molar-refractivity contribution in [3.63, 3.8) is 0 Å². The van der Waals surface area contributed by atoms with E-state index in [2.05, 4.69) is 26.2 Å². The number of aromatic carboxylic acids is 1. The molecule has 1 aromatic carbocycles. The van der Waals surface area contributed by atoms with Gasteiger partial charge in [-0.1, -0.05) is 0 Å². The number of nitrogens with one attached hydrogen (secondary N) is 1. The molecule has 0 amide bonds. The van der Waals surface area contributed by atoms with E-state index in [-0.39, 0.29) is 62.8 Å². The Morgan fingerprint density at radius 3 is 2.74 bits per heavy atom. The van der Waals surface area contributed by atoms with Crippen molar-refractivity contribution < 1.29 is 65.7 Å². The van der Waals surface area contributed by atoms with Crippen LogP contribution in [0.3, 0.4) is 0 Å². The van der Waals surface area contributed by atoms with Gasteiger partial charge in [0.05, 0.1) is 10.4 Å². The van der Waals surface area contributed by atoms with Crippen LogP contribution < -0.4 is 61.8 Å². The van der Waals surface area contributed by atoms with Crippen LogP contribution in [0.1, 0.15) is 10.4 Å². The van der Waals surface area contributed by atoms with Crippen LogP contribution in [0.15, 0.2) is 41.0 Å². The topological polar surface area (TPSA) is 65.0 Å². The second-order valence-electron chi connectivity index (χ2n) is 3.44. The van der Waals surface area contributed by atoms with E-state index in [9.17, 15) is 14.3 Å². The van der Waals surface area contributed by atoms with Gasteiger partial charge in [0.25, 0.3) is 0 Å². The molecule has 4 nitrogen and oxygen atoms in total. The van der Waals surface area contributed by atoms with Crippen molar-refractivity contribution in [2.45, 2.75) is 0 Å². The van der Waals surface area contributed by atoms with Gasteiger partial charge in [0.1, 0.15) is 11.6 Å². The quantitative estimate of drug-likeness (QED) is 0.730. The molecule has 0 saturated carbocycles. The molecule has 0 saturated heterocycles. The minimum atomic E-state index is -1.34. The summed E-state index contributed by atoms with van der Waals surface area (Å²) in [5.74, 6) is -1.69. The first-order valence-corrected chi connectivity index (χ1v) is 5.75. The van der Waals surface area contributed by atoms with Gasteiger partial charge in [0.15, 0.2) is 0 Å². The van der Waals surface area contributed by atoms with E-state index < -0.39 is 11.8 Å². The van der Waals surface area contributed by atoms with E-state index >= 15 is 0 Å². The number of aromatic nitrogens is 1. The van der Waals surface area contributed by atoms with Crippen molar-refractivity contribution in [2.75, 3.05) is 5.32 Å². The van der Waals surface area contributed by atoms with E-state index in [1.165, 1.54) is 30.5 Å². The van der Waals surface area contributed by atoms with Crippen LogP contribution in [0.2, 0.25) is 0 Å². The number of nitrogens with zero attached hydrogens (tertiary/aromatic N) is 1. The van der Waals surface area contributed by atoms with Gasteiger partial charge in [-0.15, -0.1) is 0 Å². The van der Waals surface area contributed by atoms with Gasteiger partial charge in [-0.25, -0.2) is 9.37 Å². The maximum Gasteiger partial charge on any atom is 1.00 e. The number of carbonyl (C=O) groups excluding carboxylic acids is 1. The summed E-state index contributed by atoms with van der Waals surface area (Å²) in [6, 6.07) is 7.19. The molecule has 0 atom stereocenters. The van der Waals surface area contributed by atoms with Crippen LogP contribution in [-0.4, -0.2) is 11.0 Å². The number of carbonyl (C=O) groups is 1. The third kappa shape index (κ3) is 4.33. The number of carboxylic acid groups (broad SMARTS) is 1. The minimum Gasteiger partial charge on any atom is -0.545 e. The first-order chi connectivity index (χ1) is 8.58. The summed E-state index contributed by atoms with van der Waals surface area (Å²) in [6.45, 7) is 0. The Balaban J connectivity index is 0.00000180. The number of anilines is 2. The summed E-state index contributed by atoms with van der Waals surface area (Å²) in [5, 5.41) is 13.6. The fraction of sp³-hybridized carbons (Fsp3) is 0. The molecule has 0 bridgehead atoms. The van der Waals surface area contributed by atoms with Crippen molar-refractivity contribution in [3.8, 4) is 0 Å². The second kappa shape index (κ2) is 7.46. The van der Waals surface area contributed by atoms with E-state index in [0.717, 1.165) is 0 Å². The summed E-state index contributed by atoms with van der Waals surface area (Å²) >= 11 is 3.03.